The molecule has 7 nitrogen and oxygen atoms in total. The Morgan fingerprint density at radius 3 is 1.59 bits per heavy atom. The van der Waals surface area contributed by atoms with E-state index in [9.17, 15) is 19.8 Å². The summed E-state index contributed by atoms with van der Waals surface area (Å²) in [5, 5.41) is 23.3. The number of hydrogen-bond acceptors (Lipinski definition) is 6. The summed E-state index contributed by atoms with van der Waals surface area (Å²) in [6.07, 6.45) is 16.3. The normalized spacial score (nSPS) is 14.2. The Labute approximate surface area is 386 Å². The number of benzene rings is 2. The third kappa shape index (κ3) is 23.4. The average molecular weight is 1000 g/mol. The SMILES string of the molecule is C=CCC(O)(CC=C)CCCl.C=CCC(O)(CC=C)CCN[C@@H](C)c1ccc(Br)cc1.C=CCC1(CC=C)CCN([C@@H](C)c2ccc(Br)cc2)C(=O)O1.O=C(Cl)CCCl. The minimum atomic E-state index is -0.726. The Bertz CT molecular complexity index is 1540. The summed E-state index contributed by atoms with van der Waals surface area (Å²) in [5.41, 5.74) is 0.418. The van der Waals surface area contributed by atoms with Crippen molar-refractivity contribution in [1.82, 2.24) is 10.2 Å². The van der Waals surface area contributed by atoms with Gasteiger partial charge in [-0.2, -0.15) is 0 Å². The highest BCUT2D eigenvalue weighted by atomic mass is 79.9. The van der Waals surface area contributed by atoms with Gasteiger partial charge in [0.1, 0.15) is 5.60 Å². The zero-order valence-corrected chi connectivity index (χ0v) is 40.3. The first-order valence-electron chi connectivity index (χ1n) is 19.6. The molecule has 1 amide bonds. The van der Waals surface area contributed by atoms with Gasteiger partial charge >= 0.3 is 6.09 Å². The van der Waals surface area contributed by atoms with Crippen LogP contribution in [0.15, 0.2) is 133 Å². The predicted molar refractivity (Wildman–Crippen MR) is 259 cm³/mol. The van der Waals surface area contributed by atoms with Crippen LogP contribution in [0.5, 0.6) is 0 Å². The minimum Gasteiger partial charge on any atom is -0.442 e. The summed E-state index contributed by atoms with van der Waals surface area (Å²) in [5.74, 6) is 0.792. The third-order valence-electron chi connectivity index (χ3n) is 9.56. The molecule has 2 aromatic rings. The molecule has 0 saturated carbocycles. The molecule has 0 bridgehead atoms. The second-order valence-electron chi connectivity index (χ2n) is 14.3. The van der Waals surface area contributed by atoms with Gasteiger partial charge in [0.05, 0.1) is 17.2 Å². The highest BCUT2D eigenvalue weighted by molar-refractivity contribution is 9.10. The van der Waals surface area contributed by atoms with Crippen LogP contribution in [0.1, 0.15) is 101 Å². The Balaban J connectivity index is 0.000000834. The van der Waals surface area contributed by atoms with E-state index < -0.39 is 16.8 Å². The third-order valence-corrected chi connectivity index (χ3v) is 11.2. The molecule has 0 unspecified atom stereocenters. The fourth-order valence-electron chi connectivity index (χ4n) is 6.17. The zero-order chi connectivity index (χ0) is 44.9. The molecule has 0 aromatic heterocycles. The monoisotopic (exact) mass is 1000 g/mol. The van der Waals surface area contributed by atoms with Crippen molar-refractivity contribution in [2.75, 3.05) is 24.8 Å². The van der Waals surface area contributed by atoms with Crippen LogP contribution < -0.4 is 5.32 Å². The van der Waals surface area contributed by atoms with E-state index in [1.54, 1.807) is 29.2 Å². The second-order valence-corrected chi connectivity index (χ2v) is 17.3. The molecule has 59 heavy (non-hydrogen) atoms. The van der Waals surface area contributed by atoms with Crippen molar-refractivity contribution in [3.8, 4) is 0 Å². The maximum atomic E-state index is 12.5. The number of rotatable bonds is 23. The number of cyclic esters (lactones) is 1. The van der Waals surface area contributed by atoms with Crippen molar-refractivity contribution < 1.29 is 24.5 Å². The van der Waals surface area contributed by atoms with Crippen molar-refractivity contribution in [3.05, 3.63) is 145 Å². The molecule has 3 rings (SSSR count). The molecule has 1 saturated heterocycles. The lowest BCUT2D eigenvalue weighted by molar-refractivity contribution is -0.111. The van der Waals surface area contributed by atoms with Crippen molar-refractivity contribution in [3.63, 3.8) is 0 Å². The van der Waals surface area contributed by atoms with Gasteiger partial charge < -0.3 is 25.2 Å². The number of carbonyl (C=O) groups is 2. The van der Waals surface area contributed by atoms with Crippen LogP contribution in [0.3, 0.4) is 0 Å². The van der Waals surface area contributed by atoms with Crippen LogP contribution >= 0.6 is 66.7 Å². The van der Waals surface area contributed by atoms with Gasteiger partial charge in [-0.15, -0.1) is 62.7 Å². The smallest absolute Gasteiger partial charge is 0.410 e. The lowest BCUT2D eigenvalue weighted by Crippen LogP contribution is -2.49. The molecule has 1 aliphatic rings. The van der Waals surface area contributed by atoms with Gasteiger partial charge in [-0.1, -0.05) is 92.6 Å². The minimum absolute atomic E-state index is 0.00828. The maximum Gasteiger partial charge on any atom is 0.410 e. The molecular formula is C47H65Br2Cl3N2O5. The fraction of sp³-hybridized carbons (Fsp3) is 0.447. The van der Waals surface area contributed by atoms with Crippen LogP contribution in [0.25, 0.3) is 0 Å². The number of alkyl halides is 2. The van der Waals surface area contributed by atoms with Crippen LogP contribution in [0.4, 0.5) is 4.79 Å². The van der Waals surface area contributed by atoms with Crippen molar-refractivity contribution in [2.24, 2.45) is 0 Å². The summed E-state index contributed by atoms with van der Waals surface area (Å²) < 4.78 is 7.88. The Hall–Kier alpha value is -2.47. The van der Waals surface area contributed by atoms with Gasteiger partial charge in [0.25, 0.3) is 0 Å². The Morgan fingerprint density at radius 2 is 1.24 bits per heavy atom. The van der Waals surface area contributed by atoms with E-state index in [0.29, 0.717) is 69.7 Å². The molecule has 328 valence electrons. The number of nitrogens with one attached hydrogen (secondary N) is 1. The summed E-state index contributed by atoms with van der Waals surface area (Å²) in [4.78, 5) is 24.0. The quantitative estimate of drug-likeness (QED) is 0.0583. The molecule has 1 aliphatic heterocycles. The van der Waals surface area contributed by atoms with Crippen molar-refractivity contribution in [2.45, 2.75) is 107 Å². The molecule has 1 heterocycles. The van der Waals surface area contributed by atoms with Gasteiger partial charge in [-0.3, -0.25) is 4.79 Å². The van der Waals surface area contributed by atoms with Gasteiger partial charge in [-0.05, 0) is 106 Å². The molecule has 0 spiro atoms. The molecule has 2 atom stereocenters. The van der Waals surface area contributed by atoms with Crippen LogP contribution in [-0.2, 0) is 9.53 Å². The first-order chi connectivity index (χ1) is 28.0. The van der Waals surface area contributed by atoms with Gasteiger partial charge in [0.2, 0.25) is 5.24 Å². The number of hydrogen-bond donors (Lipinski definition) is 3. The maximum absolute atomic E-state index is 12.5. The first-order valence-corrected chi connectivity index (χ1v) is 22.6. The van der Waals surface area contributed by atoms with Crippen LogP contribution in [0, 0.1) is 0 Å². The van der Waals surface area contributed by atoms with Crippen molar-refractivity contribution >= 4 is 78.0 Å². The van der Waals surface area contributed by atoms with E-state index in [1.807, 2.05) is 55.5 Å². The number of nitrogens with zero attached hydrogens (tertiary/aromatic N) is 1. The Morgan fingerprint density at radius 1 is 0.797 bits per heavy atom. The summed E-state index contributed by atoms with van der Waals surface area (Å²) in [7, 11) is 0. The summed E-state index contributed by atoms with van der Waals surface area (Å²) in [6.45, 7) is 27.7. The molecule has 0 aliphatic carbocycles. The lowest BCUT2D eigenvalue weighted by Gasteiger charge is -2.42. The van der Waals surface area contributed by atoms with Gasteiger partial charge in [-0.25, -0.2) is 4.79 Å². The van der Waals surface area contributed by atoms with Crippen molar-refractivity contribution in [1.29, 1.82) is 0 Å². The van der Waals surface area contributed by atoms with E-state index in [0.717, 1.165) is 27.5 Å². The second kappa shape index (κ2) is 31.4. The molecule has 3 N–H and O–H groups in total. The number of amides is 1. The van der Waals surface area contributed by atoms with E-state index in [-0.39, 0.29) is 29.8 Å². The van der Waals surface area contributed by atoms with Gasteiger partial charge in [0.15, 0.2) is 0 Å². The fourth-order valence-corrected chi connectivity index (χ4v) is 7.41. The topological polar surface area (TPSA) is 99.1 Å². The van der Waals surface area contributed by atoms with Crippen LogP contribution in [0.2, 0.25) is 0 Å². The highest BCUT2D eigenvalue weighted by Crippen LogP contribution is 2.35. The number of aliphatic hydroxyl groups is 2. The molecule has 1 fully saturated rings. The predicted octanol–water partition coefficient (Wildman–Crippen LogP) is 13.5. The molecule has 2 aromatic carbocycles. The standard InChI is InChI=1S/C18H22BrNO2.C17H24BrNO.C9H15ClO.C3H4Cl2O/c1-4-10-18(11-5-2)12-13-20(17(21)22-18)14(3)15-6-8-16(19)9-7-15;1-4-10-17(20,11-5-2)12-13-19-14(3)15-6-8-16(18)9-7-15;1-3-5-9(11,6-4-2)7-8-10;4-2-1-3(5)6/h4-9,14H,1-2,10-13H2,3H3;4-9,14,19-20H,1-2,10-13H2,3H3;3-4,11H,1-2,5-8H2;1-2H2/t2*14-;;/m00../s1. The largest absolute Gasteiger partial charge is 0.442 e. The number of ether oxygens (including phenoxy) is 1. The average Bonchev–Trinajstić information content (AvgIpc) is 3.16. The molecular weight excluding hydrogens is 939 g/mol. The zero-order valence-electron chi connectivity index (χ0n) is 34.8. The van der Waals surface area contributed by atoms with Gasteiger partial charge in [0, 0.05) is 59.0 Å². The first kappa shape index (κ1) is 56.5. The van der Waals surface area contributed by atoms with E-state index in [1.165, 1.54) is 5.56 Å². The highest BCUT2D eigenvalue weighted by Gasteiger charge is 2.40. The molecule has 12 heteroatoms. The van der Waals surface area contributed by atoms with E-state index >= 15 is 0 Å². The van der Waals surface area contributed by atoms with E-state index in [4.69, 9.17) is 39.5 Å². The lowest BCUT2D eigenvalue weighted by atomic mass is 9.89. The Kier molecular flexibility index (Phi) is 30.1. The molecule has 0 radical (unpaired) electrons. The van der Waals surface area contributed by atoms with E-state index in [2.05, 4.69) is 95.7 Å². The summed E-state index contributed by atoms with van der Waals surface area (Å²) >= 11 is 22.3. The summed E-state index contributed by atoms with van der Waals surface area (Å²) in [6, 6.07) is 16.6. The van der Waals surface area contributed by atoms with Crippen LogP contribution in [-0.4, -0.2) is 68.1 Å². The number of halogens is 5. The number of carbonyl (C=O) groups excluding carboxylic acids is 2.